The number of nitrogens with zero attached hydrogens (tertiary/aromatic N) is 3. The molecule has 0 radical (unpaired) electrons. The minimum Gasteiger partial charge on any atom is -0.486 e. The third kappa shape index (κ3) is 4.43. The zero-order valence-corrected chi connectivity index (χ0v) is 16.2. The zero-order chi connectivity index (χ0) is 20.1. The molecule has 0 aliphatic heterocycles. The van der Waals surface area contributed by atoms with Crippen LogP contribution in [0.15, 0.2) is 79.1 Å². The number of benzene rings is 2. The number of nitrogens with one attached hydrogen (secondary N) is 1. The highest BCUT2D eigenvalue weighted by Gasteiger charge is 2.16. The zero-order valence-electron chi connectivity index (χ0n) is 16.2. The molecule has 2 heterocycles. The van der Waals surface area contributed by atoms with Crippen molar-refractivity contribution in [2.75, 3.05) is 0 Å². The lowest BCUT2D eigenvalue weighted by Gasteiger charge is -2.16. The van der Waals surface area contributed by atoms with Crippen LogP contribution in [-0.2, 0) is 17.9 Å². The van der Waals surface area contributed by atoms with Gasteiger partial charge in [-0.25, -0.2) is 4.98 Å². The van der Waals surface area contributed by atoms with E-state index in [1.54, 1.807) is 12.4 Å². The van der Waals surface area contributed by atoms with Crippen LogP contribution in [0.1, 0.15) is 24.4 Å². The first-order chi connectivity index (χ1) is 14.2. The number of pyridine rings is 1. The molecule has 0 bridgehead atoms. The first kappa shape index (κ1) is 18.7. The number of imidazole rings is 1. The third-order valence-corrected chi connectivity index (χ3v) is 4.73. The average Bonchev–Trinajstić information content (AvgIpc) is 3.11. The molecule has 6 heteroatoms. The van der Waals surface area contributed by atoms with E-state index in [2.05, 4.69) is 15.3 Å². The molecule has 0 aliphatic rings. The second-order valence-corrected chi connectivity index (χ2v) is 6.77. The van der Waals surface area contributed by atoms with Gasteiger partial charge >= 0.3 is 0 Å². The van der Waals surface area contributed by atoms with E-state index in [1.165, 1.54) is 0 Å². The predicted molar refractivity (Wildman–Crippen MR) is 111 cm³/mol. The summed E-state index contributed by atoms with van der Waals surface area (Å²) >= 11 is 0. The molecule has 0 saturated carbocycles. The van der Waals surface area contributed by atoms with Crippen molar-refractivity contribution in [2.24, 2.45) is 0 Å². The molecule has 4 aromatic rings. The van der Waals surface area contributed by atoms with E-state index in [-0.39, 0.29) is 25.1 Å². The molecular formula is C23H22N4O2. The molecule has 2 aromatic carbocycles. The molecule has 146 valence electrons. The second-order valence-electron chi connectivity index (χ2n) is 6.77. The summed E-state index contributed by atoms with van der Waals surface area (Å²) < 4.78 is 7.78. The van der Waals surface area contributed by atoms with Crippen molar-refractivity contribution in [2.45, 2.75) is 26.1 Å². The molecule has 0 aliphatic carbocycles. The quantitative estimate of drug-likeness (QED) is 0.523. The van der Waals surface area contributed by atoms with E-state index in [4.69, 9.17) is 4.74 Å². The van der Waals surface area contributed by atoms with Crippen LogP contribution >= 0.6 is 0 Å². The number of amides is 1. The maximum absolute atomic E-state index is 12.7. The summed E-state index contributed by atoms with van der Waals surface area (Å²) in [6.45, 7) is 2.41. The van der Waals surface area contributed by atoms with Gasteiger partial charge in [-0.05, 0) is 48.9 Å². The van der Waals surface area contributed by atoms with Crippen LogP contribution in [0.5, 0.6) is 5.75 Å². The van der Waals surface area contributed by atoms with E-state index in [9.17, 15) is 4.79 Å². The van der Waals surface area contributed by atoms with Crippen LogP contribution in [0.3, 0.4) is 0 Å². The molecule has 1 amide bonds. The molecule has 1 atom stereocenters. The smallest absolute Gasteiger partial charge is 0.240 e. The van der Waals surface area contributed by atoms with E-state index in [0.717, 1.165) is 22.3 Å². The van der Waals surface area contributed by atoms with Crippen molar-refractivity contribution in [1.29, 1.82) is 0 Å². The van der Waals surface area contributed by atoms with Gasteiger partial charge < -0.3 is 14.6 Å². The molecule has 0 saturated heterocycles. The fourth-order valence-electron chi connectivity index (χ4n) is 3.24. The van der Waals surface area contributed by atoms with E-state index in [1.807, 2.05) is 78.2 Å². The van der Waals surface area contributed by atoms with Crippen LogP contribution in [0.25, 0.3) is 11.0 Å². The minimum atomic E-state index is -0.107. The standard InChI is InChI=1S/C23H22N4O2/c1-17(18-11-13-24-14-12-18)25-23(28)15-27-21-10-6-5-9-20(21)26-22(27)16-29-19-7-3-2-4-8-19/h2-14,17H,15-16H2,1H3,(H,25,28). The summed E-state index contributed by atoms with van der Waals surface area (Å²) in [5.74, 6) is 1.39. The van der Waals surface area contributed by atoms with Crippen molar-refractivity contribution in [3.63, 3.8) is 0 Å². The van der Waals surface area contributed by atoms with Crippen LogP contribution < -0.4 is 10.1 Å². The fraction of sp³-hybridized carbons (Fsp3) is 0.174. The van der Waals surface area contributed by atoms with Gasteiger partial charge in [0, 0.05) is 12.4 Å². The largest absolute Gasteiger partial charge is 0.486 e. The first-order valence-corrected chi connectivity index (χ1v) is 9.52. The number of carbonyl (C=O) groups excluding carboxylic acids is 1. The molecule has 0 fully saturated rings. The Balaban J connectivity index is 1.53. The van der Waals surface area contributed by atoms with Crippen LogP contribution in [0, 0.1) is 0 Å². The Bertz CT molecular complexity index is 1090. The number of hydrogen-bond acceptors (Lipinski definition) is 4. The summed E-state index contributed by atoms with van der Waals surface area (Å²) in [6.07, 6.45) is 3.45. The molecular weight excluding hydrogens is 364 g/mol. The van der Waals surface area contributed by atoms with Gasteiger partial charge in [-0.15, -0.1) is 0 Å². The lowest BCUT2D eigenvalue weighted by atomic mass is 10.1. The number of aromatic nitrogens is 3. The molecule has 2 aromatic heterocycles. The Labute approximate surface area is 169 Å². The molecule has 29 heavy (non-hydrogen) atoms. The maximum atomic E-state index is 12.7. The summed E-state index contributed by atoms with van der Waals surface area (Å²) in [4.78, 5) is 21.4. The number of fused-ring (bicyclic) bond motifs is 1. The molecule has 0 spiro atoms. The predicted octanol–water partition coefficient (Wildman–Crippen LogP) is 3.89. The van der Waals surface area contributed by atoms with Gasteiger partial charge in [0.2, 0.25) is 5.91 Å². The molecule has 1 N–H and O–H groups in total. The Morgan fingerprint density at radius 2 is 1.76 bits per heavy atom. The summed E-state index contributed by atoms with van der Waals surface area (Å²) in [5, 5.41) is 3.04. The van der Waals surface area contributed by atoms with Crippen molar-refractivity contribution in [1.82, 2.24) is 19.9 Å². The Hall–Kier alpha value is -3.67. The SMILES string of the molecule is CC(NC(=O)Cn1c(COc2ccccc2)nc2ccccc21)c1ccncc1. The van der Waals surface area contributed by atoms with Crippen molar-refractivity contribution in [3.8, 4) is 5.75 Å². The lowest BCUT2D eigenvalue weighted by molar-refractivity contribution is -0.122. The highest BCUT2D eigenvalue weighted by atomic mass is 16.5. The van der Waals surface area contributed by atoms with Crippen LogP contribution in [0.2, 0.25) is 0 Å². The highest BCUT2D eigenvalue weighted by molar-refractivity contribution is 5.81. The number of hydrogen-bond donors (Lipinski definition) is 1. The monoisotopic (exact) mass is 386 g/mol. The number of rotatable bonds is 7. The molecule has 1 unspecified atom stereocenters. The lowest BCUT2D eigenvalue weighted by Crippen LogP contribution is -2.30. The van der Waals surface area contributed by atoms with E-state index >= 15 is 0 Å². The van der Waals surface area contributed by atoms with E-state index < -0.39 is 0 Å². The number of para-hydroxylation sites is 3. The van der Waals surface area contributed by atoms with Gasteiger partial charge in [0.25, 0.3) is 0 Å². The Kier molecular flexibility index (Phi) is 5.52. The highest BCUT2D eigenvalue weighted by Crippen LogP contribution is 2.19. The van der Waals surface area contributed by atoms with Gasteiger partial charge in [0.05, 0.1) is 17.1 Å². The normalized spacial score (nSPS) is 11.9. The van der Waals surface area contributed by atoms with Gasteiger partial charge in [-0.3, -0.25) is 9.78 Å². The first-order valence-electron chi connectivity index (χ1n) is 9.52. The van der Waals surface area contributed by atoms with Crippen molar-refractivity contribution < 1.29 is 9.53 Å². The van der Waals surface area contributed by atoms with E-state index in [0.29, 0.717) is 5.82 Å². The average molecular weight is 386 g/mol. The Morgan fingerprint density at radius 1 is 1.03 bits per heavy atom. The minimum absolute atomic E-state index is 0.0848. The summed E-state index contributed by atoms with van der Waals surface area (Å²) in [5.41, 5.74) is 2.76. The van der Waals surface area contributed by atoms with Gasteiger partial charge in [-0.1, -0.05) is 30.3 Å². The molecule has 4 rings (SSSR count). The fourth-order valence-corrected chi connectivity index (χ4v) is 3.24. The Morgan fingerprint density at radius 3 is 2.55 bits per heavy atom. The molecule has 6 nitrogen and oxygen atoms in total. The second kappa shape index (κ2) is 8.56. The summed E-state index contributed by atoms with van der Waals surface area (Å²) in [7, 11) is 0. The van der Waals surface area contributed by atoms with Gasteiger partial charge in [-0.2, -0.15) is 0 Å². The topological polar surface area (TPSA) is 69.0 Å². The van der Waals surface area contributed by atoms with Crippen molar-refractivity contribution >= 4 is 16.9 Å². The maximum Gasteiger partial charge on any atom is 0.240 e. The number of ether oxygens (including phenoxy) is 1. The summed E-state index contributed by atoms with van der Waals surface area (Å²) in [6, 6.07) is 21.1. The van der Waals surface area contributed by atoms with Crippen LogP contribution in [0.4, 0.5) is 0 Å². The van der Waals surface area contributed by atoms with Crippen molar-refractivity contribution in [3.05, 3.63) is 90.5 Å². The van der Waals surface area contributed by atoms with Gasteiger partial charge in [0.1, 0.15) is 24.7 Å². The third-order valence-electron chi connectivity index (χ3n) is 4.73. The number of carbonyl (C=O) groups is 1. The van der Waals surface area contributed by atoms with Gasteiger partial charge in [0.15, 0.2) is 0 Å². The van der Waals surface area contributed by atoms with Crippen LogP contribution in [-0.4, -0.2) is 20.4 Å².